The van der Waals surface area contributed by atoms with Crippen LogP contribution in [0.15, 0.2) is 78.5 Å². The molecule has 2 amide bonds. The number of alkyl halides is 8. The summed E-state index contributed by atoms with van der Waals surface area (Å²) in [6, 6.07) is 13.3. The largest absolute Gasteiger partial charge is 0.497 e. The van der Waals surface area contributed by atoms with Gasteiger partial charge in [-0.1, -0.05) is 42.0 Å². The number of hydrogen-bond acceptors (Lipinski definition) is 4. The van der Waals surface area contributed by atoms with E-state index in [2.05, 4.69) is 5.32 Å². The Morgan fingerprint density at radius 3 is 1.98 bits per heavy atom. The number of nitrogens with one attached hydrogen (secondary N) is 2. The molecule has 1 aliphatic heterocycles. The standard InChI is InChI=1S/C31H26F8N2O4/c1-18-4-6-19(7-5-18)24-25(40-26(42)20-8-12-22(44-2)13-9-20)27(43)41-29(30(24,35)36,31(37,38)39)21-10-14-23(15-11-21)45-17-3-16-28(32,33)34/h4-15H,3,16-17H2,1-2H3,(H,40,42)(H,41,43). The number of carbonyl (C=O) groups is 2. The Morgan fingerprint density at radius 2 is 1.44 bits per heavy atom. The molecule has 1 atom stereocenters. The van der Waals surface area contributed by atoms with E-state index in [0.29, 0.717) is 23.4 Å². The van der Waals surface area contributed by atoms with Crippen molar-refractivity contribution in [2.24, 2.45) is 0 Å². The zero-order valence-corrected chi connectivity index (χ0v) is 23.7. The normalized spacial score (nSPS) is 18.3. The van der Waals surface area contributed by atoms with Crippen LogP contribution in [0.4, 0.5) is 35.1 Å². The number of methoxy groups -OCH3 is 1. The van der Waals surface area contributed by atoms with Crippen LogP contribution < -0.4 is 20.1 Å². The van der Waals surface area contributed by atoms with Gasteiger partial charge in [0.2, 0.25) is 5.54 Å². The molecule has 0 bridgehead atoms. The van der Waals surface area contributed by atoms with Crippen molar-refractivity contribution in [2.75, 3.05) is 13.7 Å². The monoisotopic (exact) mass is 642 g/mol. The lowest BCUT2D eigenvalue weighted by molar-refractivity contribution is -0.255. The number of rotatable bonds is 9. The molecule has 4 rings (SSSR count). The molecule has 240 valence electrons. The fourth-order valence-corrected chi connectivity index (χ4v) is 4.79. The molecule has 0 saturated carbocycles. The van der Waals surface area contributed by atoms with Gasteiger partial charge in [0.15, 0.2) is 0 Å². The lowest BCUT2D eigenvalue weighted by Crippen LogP contribution is -2.70. The second-order valence-corrected chi connectivity index (χ2v) is 10.2. The molecule has 1 heterocycles. The second-order valence-electron chi connectivity index (χ2n) is 10.2. The molecular weight excluding hydrogens is 616 g/mol. The molecule has 45 heavy (non-hydrogen) atoms. The minimum absolute atomic E-state index is 0.0962. The molecule has 1 aliphatic rings. The molecule has 0 aliphatic carbocycles. The number of aryl methyl sites for hydroxylation is 1. The average Bonchev–Trinajstić information content (AvgIpc) is 2.97. The van der Waals surface area contributed by atoms with Crippen molar-refractivity contribution in [3.05, 3.63) is 101 Å². The molecule has 0 radical (unpaired) electrons. The molecular formula is C31H26F8N2O4. The van der Waals surface area contributed by atoms with Crippen LogP contribution >= 0.6 is 0 Å². The van der Waals surface area contributed by atoms with Gasteiger partial charge in [-0.25, -0.2) is 0 Å². The first kappa shape index (κ1) is 33.3. The van der Waals surface area contributed by atoms with Crippen LogP contribution in [-0.2, 0) is 10.3 Å². The molecule has 6 nitrogen and oxygen atoms in total. The van der Waals surface area contributed by atoms with Gasteiger partial charge >= 0.3 is 18.3 Å². The fourth-order valence-electron chi connectivity index (χ4n) is 4.79. The van der Waals surface area contributed by atoms with Crippen LogP contribution in [0.25, 0.3) is 5.57 Å². The lowest BCUT2D eigenvalue weighted by atomic mass is 9.74. The molecule has 14 heteroatoms. The van der Waals surface area contributed by atoms with Crippen molar-refractivity contribution >= 4 is 17.4 Å². The van der Waals surface area contributed by atoms with E-state index >= 15 is 8.78 Å². The number of hydrogen-bond donors (Lipinski definition) is 2. The molecule has 0 fully saturated rings. The van der Waals surface area contributed by atoms with Crippen molar-refractivity contribution in [1.29, 1.82) is 0 Å². The Kier molecular flexibility index (Phi) is 9.17. The number of halogens is 8. The quantitative estimate of drug-likeness (QED) is 0.193. The summed E-state index contributed by atoms with van der Waals surface area (Å²) in [6.45, 7) is 1.18. The Hall–Kier alpha value is -4.62. The Bertz CT molecular complexity index is 1570. The van der Waals surface area contributed by atoms with Crippen molar-refractivity contribution in [3.8, 4) is 11.5 Å². The molecule has 3 aromatic rings. The van der Waals surface area contributed by atoms with E-state index in [1.165, 1.54) is 48.8 Å². The van der Waals surface area contributed by atoms with Gasteiger partial charge in [0.05, 0.1) is 19.3 Å². The number of ether oxygens (including phenoxy) is 2. The highest BCUT2D eigenvalue weighted by Gasteiger charge is 2.75. The maximum absolute atomic E-state index is 16.7. The minimum atomic E-state index is -5.80. The van der Waals surface area contributed by atoms with Crippen molar-refractivity contribution < 1.29 is 54.2 Å². The highest BCUT2D eigenvalue weighted by molar-refractivity contribution is 6.10. The number of carbonyl (C=O) groups excluding carboxylic acids is 2. The van der Waals surface area contributed by atoms with E-state index < -0.39 is 77.5 Å². The van der Waals surface area contributed by atoms with Crippen LogP contribution in [0.5, 0.6) is 11.5 Å². The van der Waals surface area contributed by atoms with Crippen LogP contribution in [-0.4, -0.2) is 43.8 Å². The smallest absolute Gasteiger partial charge is 0.422 e. The summed E-state index contributed by atoms with van der Waals surface area (Å²) < 4.78 is 125. The van der Waals surface area contributed by atoms with Crippen LogP contribution in [0.3, 0.4) is 0 Å². The second kappa shape index (κ2) is 12.4. The van der Waals surface area contributed by atoms with Crippen LogP contribution in [0.2, 0.25) is 0 Å². The first-order chi connectivity index (χ1) is 21.0. The Balaban J connectivity index is 1.80. The van der Waals surface area contributed by atoms with E-state index in [1.54, 1.807) is 6.92 Å². The number of amides is 2. The van der Waals surface area contributed by atoms with Gasteiger partial charge < -0.3 is 20.1 Å². The third-order valence-corrected chi connectivity index (χ3v) is 7.08. The summed E-state index contributed by atoms with van der Waals surface area (Å²) >= 11 is 0. The summed E-state index contributed by atoms with van der Waals surface area (Å²) in [5.41, 5.74) is -7.83. The molecule has 3 aromatic carbocycles. The van der Waals surface area contributed by atoms with Gasteiger partial charge in [-0.2, -0.15) is 35.1 Å². The first-order valence-electron chi connectivity index (χ1n) is 13.3. The SMILES string of the molecule is COc1ccc(C(=O)NC2=C(c3ccc(C)cc3)C(F)(F)C(c3ccc(OCCCC(F)(F)F)cc3)(C(F)(F)F)NC2=O)cc1. The summed E-state index contributed by atoms with van der Waals surface area (Å²) in [4.78, 5) is 26.4. The Morgan fingerprint density at radius 1 is 0.867 bits per heavy atom. The summed E-state index contributed by atoms with van der Waals surface area (Å²) in [6.07, 6.45) is -11.8. The van der Waals surface area contributed by atoms with E-state index in [-0.39, 0.29) is 11.3 Å². The van der Waals surface area contributed by atoms with Crippen LogP contribution in [0, 0.1) is 6.92 Å². The zero-order chi connectivity index (χ0) is 33.2. The summed E-state index contributed by atoms with van der Waals surface area (Å²) in [7, 11) is 1.37. The minimum Gasteiger partial charge on any atom is -0.497 e. The van der Waals surface area contributed by atoms with Gasteiger partial charge in [0.25, 0.3) is 11.8 Å². The van der Waals surface area contributed by atoms with Gasteiger partial charge in [-0.3, -0.25) is 9.59 Å². The fraction of sp³-hybridized carbons (Fsp3) is 0.290. The van der Waals surface area contributed by atoms with Gasteiger partial charge in [-0.15, -0.1) is 0 Å². The molecule has 0 aromatic heterocycles. The van der Waals surface area contributed by atoms with E-state index in [1.807, 2.05) is 0 Å². The topological polar surface area (TPSA) is 76.7 Å². The number of benzene rings is 3. The summed E-state index contributed by atoms with van der Waals surface area (Å²) in [5.74, 6) is -7.42. The van der Waals surface area contributed by atoms with E-state index in [9.17, 15) is 35.9 Å². The van der Waals surface area contributed by atoms with Gasteiger partial charge in [0, 0.05) is 12.0 Å². The van der Waals surface area contributed by atoms with Gasteiger partial charge in [0.1, 0.15) is 17.2 Å². The molecule has 0 saturated heterocycles. The van der Waals surface area contributed by atoms with Crippen molar-refractivity contribution in [1.82, 2.24) is 10.6 Å². The summed E-state index contributed by atoms with van der Waals surface area (Å²) in [5, 5.41) is 3.50. The third kappa shape index (κ3) is 6.74. The highest BCUT2D eigenvalue weighted by atomic mass is 19.4. The first-order valence-corrected chi connectivity index (χ1v) is 13.3. The highest BCUT2D eigenvalue weighted by Crippen LogP contribution is 2.57. The lowest BCUT2D eigenvalue weighted by Gasteiger charge is -2.46. The van der Waals surface area contributed by atoms with E-state index in [4.69, 9.17) is 9.47 Å². The van der Waals surface area contributed by atoms with Gasteiger partial charge in [-0.05, 0) is 60.9 Å². The van der Waals surface area contributed by atoms with E-state index in [0.717, 1.165) is 24.3 Å². The Labute approximate surface area is 252 Å². The maximum Gasteiger partial charge on any atom is 0.422 e. The van der Waals surface area contributed by atoms with Crippen molar-refractivity contribution in [3.63, 3.8) is 0 Å². The predicted octanol–water partition coefficient (Wildman–Crippen LogP) is 7.09. The average molecular weight is 643 g/mol. The molecule has 1 unspecified atom stereocenters. The zero-order valence-electron chi connectivity index (χ0n) is 23.7. The maximum atomic E-state index is 16.7. The molecule has 0 spiro atoms. The molecule has 2 N–H and O–H groups in total. The third-order valence-electron chi connectivity index (χ3n) is 7.08. The van der Waals surface area contributed by atoms with Crippen molar-refractivity contribution in [2.45, 2.75) is 43.6 Å². The van der Waals surface area contributed by atoms with Crippen LogP contribution in [0.1, 0.15) is 39.9 Å². The predicted molar refractivity (Wildman–Crippen MR) is 147 cm³/mol.